The standard InChI is InChI=1S/C19H20O4/c1-3-21-17-12-19-18(22-13-23-19)11-15(17)6-4-5-14-7-9-16(20-2)10-8-14/h4-5,7-12H,3,6,13H2,1-2H3/b5-4-. The van der Waals surface area contributed by atoms with Crippen molar-refractivity contribution in [3.8, 4) is 23.0 Å². The molecule has 120 valence electrons. The summed E-state index contributed by atoms with van der Waals surface area (Å²) in [6.07, 6.45) is 4.96. The van der Waals surface area contributed by atoms with Crippen molar-refractivity contribution in [2.24, 2.45) is 0 Å². The Labute approximate surface area is 136 Å². The van der Waals surface area contributed by atoms with Crippen LogP contribution in [0.3, 0.4) is 0 Å². The quantitative estimate of drug-likeness (QED) is 0.805. The number of allylic oxidation sites excluding steroid dienone is 1. The Kier molecular flexibility index (Phi) is 4.71. The molecule has 0 amide bonds. The molecule has 1 heterocycles. The number of hydrogen-bond acceptors (Lipinski definition) is 4. The molecule has 0 unspecified atom stereocenters. The van der Waals surface area contributed by atoms with Crippen LogP contribution in [0.25, 0.3) is 6.08 Å². The highest BCUT2D eigenvalue weighted by molar-refractivity contribution is 5.55. The van der Waals surface area contributed by atoms with Crippen molar-refractivity contribution < 1.29 is 18.9 Å². The Morgan fingerprint density at radius 1 is 1.09 bits per heavy atom. The molecule has 0 aliphatic carbocycles. The molecule has 0 saturated heterocycles. The molecule has 0 radical (unpaired) electrons. The van der Waals surface area contributed by atoms with Crippen LogP contribution >= 0.6 is 0 Å². The van der Waals surface area contributed by atoms with Gasteiger partial charge < -0.3 is 18.9 Å². The lowest BCUT2D eigenvalue weighted by molar-refractivity contribution is 0.173. The molecule has 0 atom stereocenters. The van der Waals surface area contributed by atoms with Crippen molar-refractivity contribution in [3.05, 3.63) is 53.6 Å². The number of fused-ring (bicyclic) bond motifs is 1. The fourth-order valence-corrected chi connectivity index (χ4v) is 2.45. The van der Waals surface area contributed by atoms with E-state index in [9.17, 15) is 0 Å². The molecule has 0 N–H and O–H groups in total. The van der Waals surface area contributed by atoms with Gasteiger partial charge in [-0.1, -0.05) is 24.3 Å². The molecular weight excluding hydrogens is 292 g/mol. The van der Waals surface area contributed by atoms with E-state index in [1.54, 1.807) is 7.11 Å². The number of methoxy groups -OCH3 is 1. The van der Waals surface area contributed by atoms with Crippen molar-refractivity contribution in [1.29, 1.82) is 0 Å². The summed E-state index contributed by atoms with van der Waals surface area (Å²) in [4.78, 5) is 0. The molecule has 23 heavy (non-hydrogen) atoms. The van der Waals surface area contributed by atoms with Gasteiger partial charge in [-0.15, -0.1) is 0 Å². The maximum absolute atomic E-state index is 5.71. The zero-order chi connectivity index (χ0) is 16.1. The molecular formula is C19H20O4. The van der Waals surface area contributed by atoms with Gasteiger partial charge in [-0.25, -0.2) is 0 Å². The summed E-state index contributed by atoms with van der Waals surface area (Å²) < 4.78 is 21.7. The van der Waals surface area contributed by atoms with Crippen LogP contribution in [0.15, 0.2) is 42.5 Å². The molecule has 2 aromatic rings. The van der Waals surface area contributed by atoms with E-state index < -0.39 is 0 Å². The largest absolute Gasteiger partial charge is 0.497 e. The minimum absolute atomic E-state index is 0.270. The lowest BCUT2D eigenvalue weighted by atomic mass is 10.1. The van der Waals surface area contributed by atoms with Crippen LogP contribution < -0.4 is 18.9 Å². The number of rotatable bonds is 6. The zero-order valence-corrected chi connectivity index (χ0v) is 13.4. The van der Waals surface area contributed by atoms with E-state index in [0.29, 0.717) is 6.61 Å². The van der Waals surface area contributed by atoms with Gasteiger partial charge in [0.25, 0.3) is 0 Å². The minimum Gasteiger partial charge on any atom is -0.497 e. The minimum atomic E-state index is 0.270. The highest BCUT2D eigenvalue weighted by Crippen LogP contribution is 2.38. The fourth-order valence-electron chi connectivity index (χ4n) is 2.45. The molecule has 1 aliphatic rings. The van der Waals surface area contributed by atoms with Gasteiger partial charge in [-0.3, -0.25) is 0 Å². The molecule has 0 fully saturated rings. The summed E-state index contributed by atoms with van der Waals surface area (Å²) in [6, 6.07) is 11.8. The second-order valence-electron chi connectivity index (χ2n) is 5.13. The van der Waals surface area contributed by atoms with E-state index in [0.717, 1.165) is 40.5 Å². The molecule has 0 bridgehead atoms. The maximum Gasteiger partial charge on any atom is 0.231 e. The average molecular weight is 312 g/mol. The van der Waals surface area contributed by atoms with Gasteiger partial charge in [0.15, 0.2) is 11.5 Å². The monoisotopic (exact) mass is 312 g/mol. The second kappa shape index (κ2) is 7.09. The Hall–Kier alpha value is -2.62. The molecule has 2 aromatic carbocycles. The Morgan fingerprint density at radius 3 is 2.52 bits per heavy atom. The highest BCUT2D eigenvalue weighted by Gasteiger charge is 2.17. The fraction of sp³-hybridized carbons (Fsp3) is 0.263. The second-order valence-corrected chi connectivity index (χ2v) is 5.13. The van der Waals surface area contributed by atoms with Gasteiger partial charge >= 0.3 is 0 Å². The van der Waals surface area contributed by atoms with E-state index in [-0.39, 0.29) is 6.79 Å². The van der Waals surface area contributed by atoms with Crippen molar-refractivity contribution in [2.75, 3.05) is 20.5 Å². The Balaban J connectivity index is 1.74. The van der Waals surface area contributed by atoms with Gasteiger partial charge in [-0.05, 0) is 37.1 Å². The summed E-state index contributed by atoms with van der Waals surface area (Å²) >= 11 is 0. The smallest absolute Gasteiger partial charge is 0.231 e. The van der Waals surface area contributed by atoms with E-state index in [1.807, 2.05) is 43.3 Å². The molecule has 0 aromatic heterocycles. The highest BCUT2D eigenvalue weighted by atomic mass is 16.7. The summed E-state index contributed by atoms with van der Waals surface area (Å²) in [5, 5.41) is 0. The molecule has 4 heteroatoms. The Bertz CT molecular complexity index is 689. The summed E-state index contributed by atoms with van der Waals surface area (Å²) in [7, 11) is 1.67. The van der Waals surface area contributed by atoms with E-state index in [2.05, 4.69) is 12.2 Å². The van der Waals surface area contributed by atoms with Gasteiger partial charge in [-0.2, -0.15) is 0 Å². The predicted molar refractivity (Wildman–Crippen MR) is 89.5 cm³/mol. The van der Waals surface area contributed by atoms with Crippen LogP contribution in [0, 0.1) is 0 Å². The maximum atomic E-state index is 5.71. The number of benzene rings is 2. The molecule has 1 aliphatic heterocycles. The molecule has 0 saturated carbocycles. The first kappa shape index (κ1) is 15.3. The lowest BCUT2D eigenvalue weighted by Gasteiger charge is -2.10. The Morgan fingerprint density at radius 2 is 1.83 bits per heavy atom. The van der Waals surface area contributed by atoms with E-state index >= 15 is 0 Å². The third-order valence-corrected chi connectivity index (χ3v) is 3.62. The van der Waals surface area contributed by atoms with E-state index in [1.165, 1.54) is 0 Å². The van der Waals surface area contributed by atoms with Crippen molar-refractivity contribution >= 4 is 6.08 Å². The lowest BCUT2D eigenvalue weighted by Crippen LogP contribution is -1.96. The van der Waals surface area contributed by atoms with Gasteiger partial charge in [0.1, 0.15) is 11.5 Å². The molecule has 3 rings (SSSR count). The third-order valence-electron chi connectivity index (χ3n) is 3.62. The zero-order valence-electron chi connectivity index (χ0n) is 13.4. The number of ether oxygens (including phenoxy) is 4. The van der Waals surface area contributed by atoms with Crippen LogP contribution in [0.4, 0.5) is 0 Å². The first-order chi connectivity index (χ1) is 11.3. The summed E-state index contributed by atoms with van der Waals surface area (Å²) in [5.41, 5.74) is 2.21. The summed E-state index contributed by atoms with van der Waals surface area (Å²) in [6.45, 7) is 2.86. The molecule has 0 spiro atoms. The normalized spacial score (nSPS) is 12.6. The van der Waals surface area contributed by atoms with Crippen molar-refractivity contribution in [2.45, 2.75) is 13.3 Å². The van der Waals surface area contributed by atoms with Gasteiger partial charge in [0, 0.05) is 11.6 Å². The van der Waals surface area contributed by atoms with Crippen LogP contribution in [0.1, 0.15) is 18.1 Å². The van der Waals surface area contributed by atoms with Crippen LogP contribution in [0.5, 0.6) is 23.0 Å². The van der Waals surface area contributed by atoms with Crippen molar-refractivity contribution in [3.63, 3.8) is 0 Å². The van der Waals surface area contributed by atoms with Gasteiger partial charge in [0.2, 0.25) is 6.79 Å². The third kappa shape index (κ3) is 3.59. The topological polar surface area (TPSA) is 36.9 Å². The van der Waals surface area contributed by atoms with Crippen LogP contribution in [-0.2, 0) is 6.42 Å². The molecule has 4 nitrogen and oxygen atoms in total. The van der Waals surface area contributed by atoms with Crippen molar-refractivity contribution in [1.82, 2.24) is 0 Å². The predicted octanol–water partition coefficient (Wildman–Crippen LogP) is 4.08. The average Bonchev–Trinajstić information content (AvgIpc) is 3.03. The summed E-state index contributed by atoms with van der Waals surface area (Å²) in [5.74, 6) is 3.23. The van der Waals surface area contributed by atoms with E-state index in [4.69, 9.17) is 18.9 Å². The first-order valence-corrected chi connectivity index (χ1v) is 7.66. The SMILES string of the molecule is CCOc1cc2c(cc1C/C=C\c1ccc(OC)cc1)OCO2. The first-order valence-electron chi connectivity index (χ1n) is 7.66. The van der Waals surface area contributed by atoms with Gasteiger partial charge in [0.05, 0.1) is 13.7 Å². The van der Waals surface area contributed by atoms with Crippen LogP contribution in [-0.4, -0.2) is 20.5 Å². The number of hydrogen-bond donors (Lipinski definition) is 0. The van der Waals surface area contributed by atoms with Crippen LogP contribution in [0.2, 0.25) is 0 Å².